The van der Waals surface area contributed by atoms with Crippen LogP contribution < -0.4 is 10.6 Å². The van der Waals surface area contributed by atoms with Gasteiger partial charge in [-0.05, 0) is 6.92 Å². The van der Waals surface area contributed by atoms with E-state index in [1.54, 1.807) is 6.92 Å². The van der Waals surface area contributed by atoms with Crippen LogP contribution in [0.2, 0.25) is 0 Å². The van der Waals surface area contributed by atoms with Crippen molar-refractivity contribution in [2.24, 2.45) is 5.73 Å². The number of nitrogens with two attached hydrogens (primary N) is 1. The average molecular weight is 230 g/mol. The van der Waals surface area contributed by atoms with Crippen LogP contribution >= 0.6 is 0 Å². The van der Waals surface area contributed by atoms with Crippen molar-refractivity contribution in [3.05, 3.63) is 12.4 Å². The van der Waals surface area contributed by atoms with Gasteiger partial charge in [0.25, 0.3) is 6.43 Å². The van der Waals surface area contributed by atoms with E-state index < -0.39 is 19.0 Å². The summed E-state index contributed by atoms with van der Waals surface area (Å²) in [6, 6.07) is -0.616. The van der Waals surface area contributed by atoms with Crippen LogP contribution in [0.15, 0.2) is 12.4 Å². The van der Waals surface area contributed by atoms with Gasteiger partial charge in [-0.3, -0.25) is 9.48 Å². The molecule has 2 heterocycles. The van der Waals surface area contributed by atoms with Gasteiger partial charge in [0.2, 0.25) is 5.91 Å². The van der Waals surface area contributed by atoms with Gasteiger partial charge in [-0.15, -0.1) is 0 Å². The lowest BCUT2D eigenvalue weighted by molar-refractivity contribution is -0.125. The predicted molar refractivity (Wildman–Crippen MR) is 53.2 cm³/mol. The number of alkyl halides is 2. The SMILES string of the molecule is C[C@H]1[C@H](N)C(=O)N1c1cnn(CC(F)F)c1. The van der Waals surface area contributed by atoms with Gasteiger partial charge in [-0.1, -0.05) is 0 Å². The first-order chi connectivity index (χ1) is 7.50. The Labute approximate surface area is 90.8 Å². The van der Waals surface area contributed by atoms with Gasteiger partial charge in [0, 0.05) is 6.20 Å². The summed E-state index contributed by atoms with van der Waals surface area (Å²) >= 11 is 0. The molecule has 16 heavy (non-hydrogen) atoms. The maximum Gasteiger partial charge on any atom is 0.257 e. The largest absolute Gasteiger partial charge is 0.318 e. The number of hydrogen-bond donors (Lipinski definition) is 1. The summed E-state index contributed by atoms with van der Waals surface area (Å²) in [5, 5.41) is 3.76. The Bertz CT molecular complexity index is 406. The number of hydrogen-bond acceptors (Lipinski definition) is 3. The van der Waals surface area contributed by atoms with Gasteiger partial charge in [-0.2, -0.15) is 5.10 Å². The maximum atomic E-state index is 12.1. The third-order valence-corrected chi connectivity index (χ3v) is 2.67. The van der Waals surface area contributed by atoms with Gasteiger partial charge >= 0.3 is 0 Å². The van der Waals surface area contributed by atoms with Gasteiger partial charge in [-0.25, -0.2) is 8.78 Å². The smallest absolute Gasteiger partial charge is 0.257 e. The molecule has 1 fully saturated rings. The van der Waals surface area contributed by atoms with Crippen molar-refractivity contribution < 1.29 is 13.6 Å². The summed E-state index contributed by atoms with van der Waals surface area (Å²) in [5.41, 5.74) is 6.06. The second kappa shape index (κ2) is 3.82. The van der Waals surface area contributed by atoms with Crippen LogP contribution in [0, 0.1) is 0 Å². The van der Waals surface area contributed by atoms with Crippen molar-refractivity contribution in [1.29, 1.82) is 0 Å². The number of carbonyl (C=O) groups is 1. The molecule has 7 heteroatoms. The van der Waals surface area contributed by atoms with E-state index in [1.165, 1.54) is 17.3 Å². The number of amides is 1. The van der Waals surface area contributed by atoms with Crippen LogP contribution in [0.1, 0.15) is 6.92 Å². The Balaban J connectivity index is 2.11. The number of carbonyl (C=O) groups excluding carboxylic acids is 1. The van der Waals surface area contributed by atoms with Crippen LogP contribution in [-0.2, 0) is 11.3 Å². The minimum absolute atomic E-state index is 0.114. The van der Waals surface area contributed by atoms with E-state index >= 15 is 0 Å². The van der Waals surface area contributed by atoms with E-state index in [9.17, 15) is 13.6 Å². The van der Waals surface area contributed by atoms with Gasteiger partial charge in [0.15, 0.2) is 0 Å². The lowest BCUT2D eigenvalue weighted by Crippen LogP contribution is -2.67. The Morgan fingerprint density at radius 1 is 1.62 bits per heavy atom. The molecule has 1 aromatic heterocycles. The fourth-order valence-electron chi connectivity index (χ4n) is 1.73. The lowest BCUT2D eigenvalue weighted by atomic mass is 9.97. The number of anilines is 1. The number of aromatic nitrogens is 2. The topological polar surface area (TPSA) is 64.2 Å². The quantitative estimate of drug-likeness (QED) is 0.755. The number of halogens is 2. The van der Waals surface area contributed by atoms with Crippen LogP contribution in [0.4, 0.5) is 14.5 Å². The molecule has 2 N–H and O–H groups in total. The highest BCUT2D eigenvalue weighted by Crippen LogP contribution is 2.26. The molecule has 1 aliphatic rings. The first-order valence-corrected chi connectivity index (χ1v) is 4.90. The number of rotatable bonds is 3. The van der Waals surface area contributed by atoms with Crippen LogP contribution in [0.5, 0.6) is 0 Å². The summed E-state index contributed by atoms with van der Waals surface area (Å²) in [7, 11) is 0. The molecule has 0 spiro atoms. The third kappa shape index (κ3) is 1.67. The van der Waals surface area contributed by atoms with Gasteiger partial charge in [0.1, 0.15) is 12.6 Å². The molecule has 1 amide bonds. The Morgan fingerprint density at radius 2 is 2.31 bits per heavy atom. The van der Waals surface area contributed by atoms with E-state index in [0.717, 1.165) is 4.68 Å². The van der Waals surface area contributed by atoms with Crippen molar-refractivity contribution >= 4 is 11.6 Å². The fraction of sp³-hybridized carbons (Fsp3) is 0.556. The van der Waals surface area contributed by atoms with E-state index in [0.29, 0.717) is 5.69 Å². The van der Waals surface area contributed by atoms with E-state index in [-0.39, 0.29) is 11.9 Å². The summed E-state index contributed by atoms with van der Waals surface area (Å²) in [6.07, 6.45) is 0.356. The molecule has 1 aromatic rings. The third-order valence-electron chi connectivity index (χ3n) is 2.67. The van der Waals surface area contributed by atoms with Crippen LogP contribution in [0.3, 0.4) is 0 Å². The van der Waals surface area contributed by atoms with Crippen molar-refractivity contribution in [3.8, 4) is 0 Å². The molecule has 0 bridgehead atoms. The summed E-state index contributed by atoms with van der Waals surface area (Å²) in [6.45, 7) is 1.33. The highest BCUT2D eigenvalue weighted by atomic mass is 19.3. The molecule has 1 saturated heterocycles. The minimum atomic E-state index is -2.46. The molecule has 5 nitrogen and oxygen atoms in total. The second-order valence-electron chi connectivity index (χ2n) is 3.79. The first-order valence-electron chi connectivity index (χ1n) is 4.90. The predicted octanol–water partition coefficient (Wildman–Crippen LogP) is 0.211. The van der Waals surface area contributed by atoms with Crippen LogP contribution in [0.25, 0.3) is 0 Å². The number of nitrogens with zero attached hydrogens (tertiary/aromatic N) is 3. The Morgan fingerprint density at radius 3 is 2.88 bits per heavy atom. The molecule has 0 aliphatic carbocycles. The van der Waals surface area contributed by atoms with Crippen molar-refractivity contribution in [3.63, 3.8) is 0 Å². The standard InChI is InChI=1S/C9H12F2N4O/c1-5-8(12)9(16)15(5)6-2-13-14(3-6)4-7(10)11/h2-3,5,7-8H,4,12H2,1H3/t5-,8-/m0/s1. The van der Waals surface area contributed by atoms with E-state index in [4.69, 9.17) is 5.73 Å². The van der Waals surface area contributed by atoms with Crippen molar-refractivity contribution in [2.75, 3.05) is 4.90 Å². The highest BCUT2D eigenvalue weighted by molar-refractivity contribution is 6.05. The fourth-order valence-corrected chi connectivity index (χ4v) is 1.73. The van der Waals surface area contributed by atoms with Crippen molar-refractivity contribution in [1.82, 2.24) is 9.78 Å². The van der Waals surface area contributed by atoms with Gasteiger partial charge in [0.05, 0.1) is 17.9 Å². The summed E-state index contributed by atoms with van der Waals surface area (Å²) in [5.74, 6) is -0.205. The lowest BCUT2D eigenvalue weighted by Gasteiger charge is -2.42. The summed E-state index contributed by atoms with van der Waals surface area (Å²) in [4.78, 5) is 12.9. The molecule has 0 saturated carbocycles. The molecular formula is C9H12F2N4O. The molecule has 2 rings (SSSR count). The zero-order valence-electron chi connectivity index (χ0n) is 8.68. The molecule has 88 valence electrons. The molecule has 0 unspecified atom stereocenters. The second-order valence-corrected chi connectivity index (χ2v) is 3.79. The van der Waals surface area contributed by atoms with Crippen molar-refractivity contribution in [2.45, 2.75) is 32.0 Å². The minimum Gasteiger partial charge on any atom is -0.318 e. The summed E-state index contributed by atoms with van der Waals surface area (Å²) < 4.78 is 25.3. The maximum absolute atomic E-state index is 12.1. The average Bonchev–Trinajstić information content (AvgIpc) is 2.65. The highest BCUT2D eigenvalue weighted by Gasteiger charge is 2.43. The molecule has 0 aromatic carbocycles. The monoisotopic (exact) mass is 230 g/mol. The molecule has 2 atom stereocenters. The molecule has 0 radical (unpaired) electrons. The van der Waals surface area contributed by atoms with Gasteiger partial charge < -0.3 is 10.6 Å². The molecular weight excluding hydrogens is 218 g/mol. The zero-order chi connectivity index (χ0) is 11.9. The first kappa shape index (κ1) is 11.0. The Kier molecular flexibility index (Phi) is 2.63. The van der Waals surface area contributed by atoms with E-state index in [1.807, 2.05) is 0 Å². The number of β-lactam (4-membered cyclic amide) rings is 1. The normalized spacial score (nSPS) is 25.1. The zero-order valence-corrected chi connectivity index (χ0v) is 8.68. The molecule has 1 aliphatic heterocycles. The Hall–Kier alpha value is -1.50. The van der Waals surface area contributed by atoms with E-state index in [2.05, 4.69) is 5.10 Å². The van der Waals surface area contributed by atoms with Crippen LogP contribution in [-0.4, -0.2) is 34.2 Å².